The van der Waals surface area contributed by atoms with Crippen LogP contribution >= 0.6 is 0 Å². The van der Waals surface area contributed by atoms with Crippen molar-refractivity contribution in [1.29, 1.82) is 0 Å². The molecule has 0 amide bonds. The Kier molecular flexibility index (Phi) is 3.23. The van der Waals surface area contributed by atoms with Crippen molar-refractivity contribution in [3.8, 4) is 0 Å². The van der Waals surface area contributed by atoms with Crippen molar-refractivity contribution in [1.82, 2.24) is 9.78 Å². The fourth-order valence-electron chi connectivity index (χ4n) is 1.07. The van der Waals surface area contributed by atoms with Crippen LogP contribution in [0.3, 0.4) is 0 Å². The van der Waals surface area contributed by atoms with Gasteiger partial charge in [-0.25, -0.2) is 9.79 Å². The molecule has 0 saturated carbocycles. The van der Waals surface area contributed by atoms with Crippen LogP contribution < -0.4 is 0 Å². The van der Waals surface area contributed by atoms with E-state index in [1.807, 2.05) is 17.7 Å². The molecule has 1 aromatic rings. The number of isocyanates is 1. The van der Waals surface area contributed by atoms with E-state index in [9.17, 15) is 4.79 Å². The highest BCUT2D eigenvalue weighted by Crippen LogP contribution is 1.99. The lowest BCUT2D eigenvalue weighted by molar-refractivity contribution is 0.562. The molecular weight excluding hydrogens is 154 g/mol. The average Bonchev–Trinajstić information content (AvgIpc) is 2.52. The van der Waals surface area contributed by atoms with Gasteiger partial charge in [0.2, 0.25) is 6.08 Å². The van der Waals surface area contributed by atoms with E-state index in [0.717, 1.165) is 18.7 Å². The standard InChI is InChI=1S/C8H11N3O/c1-2-11-8(4-6-10-11)3-5-9-7-12/h4,6H,2-3,5H2,1H3. The Morgan fingerprint density at radius 1 is 1.75 bits per heavy atom. The summed E-state index contributed by atoms with van der Waals surface area (Å²) in [5.41, 5.74) is 1.11. The van der Waals surface area contributed by atoms with E-state index in [4.69, 9.17) is 0 Å². The summed E-state index contributed by atoms with van der Waals surface area (Å²) in [6.45, 7) is 3.38. The van der Waals surface area contributed by atoms with Gasteiger partial charge < -0.3 is 0 Å². The number of aryl methyl sites for hydroxylation is 1. The van der Waals surface area contributed by atoms with Gasteiger partial charge in [0.05, 0.1) is 6.54 Å². The predicted octanol–water partition coefficient (Wildman–Crippen LogP) is 0.781. The Bertz CT molecular complexity index is 286. The van der Waals surface area contributed by atoms with E-state index in [1.54, 1.807) is 6.20 Å². The summed E-state index contributed by atoms with van der Waals surface area (Å²) in [4.78, 5) is 13.2. The topological polar surface area (TPSA) is 47.2 Å². The van der Waals surface area contributed by atoms with Gasteiger partial charge in [-0.1, -0.05) is 0 Å². The molecule has 12 heavy (non-hydrogen) atoms. The molecule has 1 rings (SSSR count). The van der Waals surface area contributed by atoms with Crippen molar-refractivity contribution in [2.45, 2.75) is 19.9 Å². The monoisotopic (exact) mass is 165 g/mol. The molecule has 1 heterocycles. The van der Waals surface area contributed by atoms with Gasteiger partial charge in [-0.2, -0.15) is 5.10 Å². The first-order chi connectivity index (χ1) is 5.88. The summed E-state index contributed by atoms with van der Waals surface area (Å²) >= 11 is 0. The van der Waals surface area contributed by atoms with Gasteiger partial charge >= 0.3 is 0 Å². The van der Waals surface area contributed by atoms with Crippen molar-refractivity contribution in [2.75, 3.05) is 6.54 Å². The molecule has 0 aromatic carbocycles. The third kappa shape index (κ3) is 2.04. The SMILES string of the molecule is CCn1nccc1CCN=C=O. The van der Waals surface area contributed by atoms with Gasteiger partial charge in [0.25, 0.3) is 0 Å². The molecule has 64 valence electrons. The fourth-order valence-corrected chi connectivity index (χ4v) is 1.07. The molecule has 0 aliphatic rings. The molecule has 4 heteroatoms. The molecule has 0 saturated heterocycles. The minimum Gasteiger partial charge on any atom is -0.270 e. The zero-order valence-corrected chi connectivity index (χ0v) is 7.03. The van der Waals surface area contributed by atoms with Crippen LogP contribution in [0.5, 0.6) is 0 Å². The summed E-state index contributed by atoms with van der Waals surface area (Å²) in [5, 5.41) is 4.09. The number of hydrogen-bond donors (Lipinski definition) is 0. The van der Waals surface area contributed by atoms with Crippen molar-refractivity contribution in [2.24, 2.45) is 4.99 Å². The number of aromatic nitrogens is 2. The Hall–Kier alpha value is -1.41. The van der Waals surface area contributed by atoms with E-state index in [2.05, 4.69) is 10.1 Å². The molecule has 4 nitrogen and oxygen atoms in total. The van der Waals surface area contributed by atoms with Crippen LogP contribution in [0.15, 0.2) is 17.3 Å². The van der Waals surface area contributed by atoms with E-state index >= 15 is 0 Å². The van der Waals surface area contributed by atoms with Gasteiger partial charge in [0.1, 0.15) is 0 Å². The number of nitrogens with zero attached hydrogens (tertiary/aromatic N) is 3. The molecule has 0 N–H and O–H groups in total. The van der Waals surface area contributed by atoms with Crippen LogP contribution in [0, 0.1) is 0 Å². The number of hydrogen-bond acceptors (Lipinski definition) is 3. The second-order valence-corrected chi connectivity index (χ2v) is 2.36. The first-order valence-corrected chi connectivity index (χ1v) is 3.92. The fraction of sp³-hybridized carbons (Fsp3) is 0.500. The van der Waals surface area contributed by atoms with E-state index in [-0.39, 0.29) is 0 Å². The molecule has 0 aliphatic heterocycles. The van der Waals surface area contributed by atoms with E-state index < -0.39 is 0 Å². The second-order valence-electron chi connectivity index (χ2n) is 2.36. The normalized spacial score (nSPS) is 9.42. The molecule has 0 bridgehead atoms. The van der Waals surface area contributed by atoms with E-state index in [0.29, 0.717) is 6.54 Å². The highest BCUT2D eigenvalue weighted by Gasteiger charge is 1.98. The summed E-state index contributed by atoms with van der Waals surface area (Å²) < 4.78 is 1.89. The molecule has 1 aromatic heterocycles. The number of aliphatic imine (C=N–C) groups is 1. The lowest BCUT2D eigenvalue weighted by Gasteiger charge is -2.00. The maximum atomic E-state index is 9.77. The van der Waals surface area contributed by atoms with Crippen LogP contribution in [0.4, 0.5) is 0 Å². The van der Waals surface area contributed by atoms with Crippen molar-refractivity contribution < 1.29 is 4.79 Å². The predicted molar refractivity (Wildman–Crippen MR) is 44.6 cm³/mol. The van der Waals surface area contributed by atoms with Crippen LogP contribution in [0.2, 0.25) is 0 Å². The van der Waals surface area contributed by atoms with Crippen LogP contribution in [-0.4, -0.2) is 22.4 Å². The van der Waals surface area contributed by atoms with E-state index in [1.165, 1.54) is 6.08 Å². The maximum absolute atomic E-state index is 9.77. The van der Waals surface area contributed by atoms with Crippen molar-refractivity contribution in [3.63, 3.8) is 0 Å². The summed E-state index contributed by atoms with van der Waals surface area (Å²) in [6, 6.07) is 1.93. The first-order valence-electron chi connectivity index (χ1n) is 3.92. The molecule has 0 spiro atoms. The van der Waals surface area contributed by atoms with Gasteiger partial charge in [0.15, 0.2) is 0 Å². The smallest absolute Gasteiger partial charge is 0.234 e. The van der Waals surface area contributed by atoms with Crippen LogP contribution in [0.25, 0.3) is 0 Å². The summed E-state index contributed by atoms with van der Waals surface area (Å²) in [5.74, 6) is 0. The third-order valence-corrected chi connectivity index (χ3v) is 1.65. The minimum atomic E-state index is 0.495. The molecule has 0 aliphatic carbocycles. The molecule has 0 fully saturated rings. The van der Waals surface area contributed by atoms with Gasteiger partial charge in [-0.3, -0.25) is 4.68 Å². The quantitative estimate of drug-likeness (QED) is 0.489. The Balaban J connectivity index is 2.55. The van der Waals surface area contributed by atoms with Crippen LogP contribution in [0.1, 0.15) is 12.6 Å². The average molecular weight is 165 g/mol. The molecule has 0 atom stereocenters. The van der Waals surface area contributed by atoms with Crippen molar-refractivity contribution >= 4 is 6.08 Å². The van der Waals surface area contributed by atoms with Gasteiger partial charge in [0, 0.05) is 24.9 Å². The van der Waals surface area contributed by atoms with Gasteiger partial charge in [-0.05, 0) is 13.0 Å². The lowest BCUT2D eigenvalue weighted by atomic mass is 10.3. The van der Waals surface area contributed by atoms with Crippen LogP contribution in [-0.2, 0) is 17.8 Å². The zero-order valence-electron chi connectivity index (χ0n) is 7.03. The largest absolute Gasteiger partial charge is 0.270 e. The number of carbonyl (C=O) groups excluding carboxylic acids is 1. The Morgan fingerprint density at radius 3 is 3.25 bits per heavy atom. The molecular formula is C8H11N3O. The first kappa shape index (κ1) is 8.68. The minimum absolute atomic E-state index is 0.495. The molecule has 0 unspecified atom stereocenters. The zero-order chi connectivity index (χ0) is 8.81. The Labute approximate surface area is 70.9 Å². The third-order valence-electron chi connectivity index (χ3n) is 1.65. The summed E-state index contributed by atoms with van der Waals surface area (Å²) in [7, 11) is 0. The van der Waals surface area contributed by atoms with Crippen molar-refractivity contribution in [3.05, 3.63) is 18.0 Å². The summed E-state index contributed by atoms with van der Waals surface area (Å²) in [6.07, 6.45) is 4.02. The maximum Gasteiger partial charge on any atom is 0.234 e. The lowest BCUT2D eigenvalue weighted by Crippen LogP contribution is -2.03. The second kappa shape index (κ2) is 4.46. The highest BCUT2D eigenvalue weighted by atomic mass is 16.1. The molecule has 0 radical (unpaired) electrons. The highest BCUT2D eigenvalue weighted by molar-refractivity contribution is 5.32. The van der Waals surface area contributed by atoms with Gasteiger partial charge in [-0.15, -0.1) is 0 Å². The number of rotatable bonds is 4. The Morgan fingerprint density at radius 2 is 2.58 bits per heavy atom.